The van der Waals surface area contributed by atoms with Gasteiger partial charge in [-0.3, -0.25) is 14.4 Å². The lowest BCUT2D eigenvalue weighted by atomic mass is 10.0. The molecule has 1 unspecified atom stereocenters. The summed E-state index contributed by atoms with van der Waals surface area (Å²) in [7, 11) is 0. The highest BCUT2D eigenvalue weighted by Gasteiger charge is 2.20. The van der Waals surface area contributed by atoms with Crippen LogP contribution in [0.15, 0.2) is 12.2 Å². The van der Waals surface area contributed by atoms with E-state index in [0.717, 1.165) is 57.8 Å². The predicted molar refractivity (Wildman–Crippen MR) is 363 cm³/mol. The fourth-order valence-electron chi connectivity index (χ4n) is 12.0. The van der Waals surface area contributed by atoms with Gasteiger partial charge in [0, 0.05) is 19.3 Å². The van der Waals surface area contributed by atoms with Crippen LogP contribution in [0.5, 0.6) is 0 Å². The smallest absolute Gasteiger partial charge is 0.306 e. The lowest BCUT2D eigenvalue weighted by Crippen LogP contribution is -2.30. The van der Waals surface area contributed by atoms with E-state index in [9.17, 15) is 14.4 Å². The number of rotatable bonds is 72. The molecule has 0 saturated carbocycles. The first kappa shape index (κ1) is 81.2. The van der Waals surface area contributed by atoms with Crippen LogP contribution in [0.4, 0.5) is 0 Å². The van der Waals surface area contributed by atoms with Crippen molar-refractivity contribution in [3.8, 4) is 0 Å². The van der Waals surface area contributed by atoms with E-state index in [2.05, 4.69) is 32.9 Å². The van der Waals surface area contributed by atoms with Crippen molar-refractivity contribution >= 4 is 17.9 Å². The van der Waals surface area contributed by atoms with Crippen LogP contribution >= 0.6 is 0 Å². The maximum atomic E-state index is 13.0. The molecule has 0 aromatic carbocycles. The number of hydrogen-bond donors (Lipinski definition) is 0. The third kappa shape index (κ3) is 70.8. The molecule has 0 saturated heterocycles. The number of carbonyl (C=O) groups is 3. The van der Waals surface area contributed by atoms with Gasteiger partial charge in [-0.25, -0.2) is 0 Å². The highest BCUT2D eigenvalue weighted by atomic mass is 16.6. The highest BCUT2D eigenvalue weighted by Crippen LogP contribution is 2.20. The second kappa shape index (κ2) is 72.6. The summed E-state index contributed by atoms with van der Waals surface area (Å²) in [6, 6.07) is 0. The van der Waals surface area contributed by atoms with Crippen LogP contribution in [-0.4, -0.2) is 37.2 Å². The van der Waals surface area contributed by atoms with Crippen molar-refractivity contribution in [2.45, 2.75) is 451 Å². The van der Waals surface area contributed by atoms with E-state index in [1.165, 1.54) is 347 Å². The number of allylic oxidation sites excluding steroid dienone is 2. The minimum absolute atomic E-state index is 0.0621. The van der Waals surface area contributed by atoms with Crippen molar-refractivity contribution in [3.05, 3.63) is 12.2 Å². The summed E-state index contributed by atoms with van der Waals surface area (Å²) in [5, 5.41) is 0. The molecule has 492 valence electrons. The molecule has 0 aromatic rings. The van der Waals surface area contributed by atoms with E-state index in [1.807, 2.05) is 0 Å². The van der Waals surface area contributed by atoms with Gasteiger partial charge >= 0.3 is 17.9 Å². The Bertz CT molecular complexity index is 1300. The van der Waals surface area contributed by atoms with Crippen LogP contribution in [0.2, 0.25) is 0 Å². The monoisotopic (exact) mass is 1170 g/mol. The minimum Gasteiger partial charge on any atom is -0.462 e. The van der Waals surface area contributed by atoms with E-state index >= 15 is 0 Å². The van der Waals surface area contributed by atoms with Gasteiger partial charge in [0.1, 0.15) is 13.2 Å². The zero-order chi connectivity index (χ0) is 59.9. The van der Waals surface area contributed by atoms with Gasteiger partial charge in [0.25, 0.3) is 0 Å². The zero-order valence-electron chi connectivity index (χ0n) is 56.8. The van der Waals surface area contributed by atoms with E-state index in [4.69, 9.17) is 14.2 Å². The molecule has 0 amide bonds. The van der Waals surface area contributed by atoms with Crippen molar-refractivity contribution in [3.63, 3.8) is 0 Å². The molecule has 6 heteroatoms. The number of hydrogen-bond acceptors (Lipinski definition) is 6. The molecule has 6 nitrogen and oxygen atoms in total. The summed E-state index contributed by atoms with van der Waals surface area (Å²) in [6.07, 6.45) is 88.3. The Morgan fingerprint density at radius 2 is 0.398 bits per heavy atom. The van der Waals surface area contributed by atoms with Gasteiger partial charge in [-0.15, -0.1) is 0 Å². The molecule has 0 aromatic heterocycles. The summed E-state index contributed by atoms with van der Waals surface area (Å²) in [5.74, 6) is -0.821. The standard InChI is InChI=1S/C77H148O6/c1-4-7-10-13-16-19-22-25-28-30-32-34-36-38-40-42-44-46-49-52-55-58-61-64-67-70-76(79)82-73-74(72-81-75(78)69-66-63-60-57-54-51-48-27-24-21-18-15-12-9-6-3)83-77(80)71-68-65-62-59-56-53-50-47-45-43-41-39-37-35-33-31-29-26-23-20-17-14-11-8-5-2/h30,32,74H,4-29,31,33-73H2,1-3H3/b32-30-. The quantitative estimate of drug-likeness (QED) is 0.0261. The third-order valence-corrected chi connectivity index (χ3v) is 17.8. The molecular formula is C77H148O6. The Morgan fingerprint density at radius 3 is 0.602 bits per heavy atom. The normalized spacial score (nSPS) is 12.0. The van der Waals surface area contributed by atoms with Crippen LogP contribution in [0, 0.1) is 0 Å². The minimum atomic E-state index is -0.767. The predicted octanol–water partition coefficient (Wildman–Crippen LogP) is 26.3. The van der Waals surface area contributed by atoms with Gasteiger partial charge in [0.2, 0.25) is 0 Å². The van der Waals surface area contributed by atoms with E-state index in [1.54, 1.807) is 0 Å². The lowest BCUT2D eigenvalue weighted by Gasteiger charge is -2.18. The molecule has 1 atom stereocenters. The van der Waals surface area contributed by atoms with Crippen molar-refractivity contribution in [2.75, 3.05) is 13.2 Å². The largest absolute Gasteiger partial charge is 0.462 e. The first-order chi connectivity index (χ1) is 41.0. The topological polar surface area (TPSA) is 78.9 Å². The summed E-state index contributed by atoms with van der Waals surface area (Å²) >= 11 is 0. The Labute approximate surface area is 520 Å². The van der Waals surface area contributed by atoms with Crippen LogP contribution in [-0.2, 0) is 28.6 Å². The van der Waals surface area contributed by atoms with Crippen LogP contribution in [0.1, 0.15) is 445 Å². The number of ether oxygens (including phenoxy) is 3. The molecule has 0 aliphatic carbocycles. The van der Waals surface area contributed by atoms with E-state index in [-0.39, 0.29) is 31.1 Å². The van der Waals surface area contributed by atoms with Gasteiger partial charge in [-0.05, 0) is 44.9 Å². The summed E-state index contributed by atoms with van der Waals surface area (Å²) in [6.45, 7) is 6.75. The molecule has 0 N–H and O–H groups in total. The highest BCUT2D eigenvalue weighted by molar-refractivity contribution is 5.71. The molecule has 0 heterocycles. The average molecular weight is 1170 g/mol. The Kier molecular flexibility index (Phi) is 71.0. The van der Waals surface area contributed by atoms with E-state index < -0.39 is 6.10 Å². The third-order valence-electron chi connectivity index (χ3n) is 17.8. The molecule has 0 radical (unpaired) electrons. The van der Waals surface area contributed by atoms with Crippen LogP contribution < -0.4 is 0 Å². The maximum Gasteiger partial charge on any atom is 0.306 e. The Balaban J connectivity index is 4.22. The van der Waals surface area contributed by atoms with Gasteiger partial charge in [0.15, 0.2) is 6.10 Å². The molecule has 0 fully saturated rings. The molecular weight excluding hydrogens is 1020 g/mol. The van der Waals surface area contributed by atoms with Gasteiger partial charge in [-0.1, -0.05) is 392 Å². The second-order valence-corrected chi connectivity index (χ2v) is 26.3. The fourth-order valence-corrected chi connectivity index (χ4v) is 12.0. The summed E-state index contributed by atoms with van der Waals surface area (Å²) in [5.41, 5.74) is 0. The Morgan fingerprint density at radius 1 is 0.229 bits per heavy atom. The maximum absolute atomic E-state index is 13.0. The molecule has 0 bridgehead atoms. The Hall–Kier alpha value is -1.85. The van der Waals surface area contributed by atoms with Gasteiger partial charge in [0.05, 0.1) is 0 Å². The molecule has 0 spiro atoms. The number of carbonyl (C=O) groups excluding carboxylic acids is 3. The lowest BCUT2D eigenvalue weighted by molar-refractivity contribution is -0.167. The van der Waals surface area contributed by atoms with Crippen molar-refractivity contribution in [1.29, 1.82) is 0 Å². The summed E-state index contributed by atoms with van der Waals surface area (Å²) in [4.78, 5) is 38.5. The van der Waals surface area contributed by atoms with Crippen LogP contribution in [0.3, 0.4) is 0 Å². The first-order valence-corrected chi connectivity index (χ1v) is 38.2. The fraction of sp³-hybridized carbons (Fsp3) is 0.935. The second-order valence-electron chi connectivity index (χ2n) is 26.3. The average Bonchev–Trinajstić information content (AvgIpc) is 3.49. The molecule has 0 rings (SSSR count). The number of esters is 3. The molecule has 0 aliphatic heterocycles. The van der Waals surface area contributed by atoms with Crippen molar-refractivity contribution in [2.24, 2.45) is 0 Å². The molecule has 83 heavy (non-hydrogen) atoms. The zero-order valence-corrected chi connectivity index (χ0v) is 56.8. The van der Waals surface area contributed by atoms with Crippen molar-refractivity contribution in [1.82, 2.24) is 0 Å². The van der Waals surface area contributed by atoms with Gasteiger partial charge < -0.3 is 14.2 Å². The van der Waals surface area contributed by atoms with Gasteiger partial charge in [-0.2, -0.15) is 0 Å². The molecule has 0 aliphatic rings. The first-order valence-electron chi connectivity index (χ1n) is 38.2. The summed E-state index contributed by atoms with van der Waals surface area (Å²) < 4.78 is 17.1. The SMILES string of the molecule is CCCCCCCCCC/C=C\CCCCCCCCCCCCCCCC(=O)OCC(COC(=O)CCCCCCCCCCCCCCCCC)OC(=O)CCCCCCCCCCCCCCCCCCCCCCCCCCC. The van der Waals surface area contributed by atoms with E-state index in [0.29, 0.717) is 19.3 Å². The number of unbranched alkanes of at least 4 members (excludes halogenated alkanes) is 59. The van der Waals surface area contributed by atoms with Crippen LogP contribution in [0.25, 0.3) is 0 Å². The van der Waals surface area contributed by atoms with Crippen molar-refractivity contribution < 1.29 is 28.6 Å².